The van der Waals surface area contributed by atoms with E-state index in [2.05, 4.69) is 41.2 Å². The van der Waals surface area contributed by atoms with Crippen LogP contribution in [-0.4, -0.2) is 79.2 Å². The second-order valence-electron chi connectivity index (χ2n) is 17.0. The second kappa shape index (κ2) is 15.5. The summed E-state index contributed by atoms with van der Waals surface area (Å²) in [5.41, 5.74) is 4.56. The molecule has 0 bridgehead atoms. The normalized spacial score (nSPS) is 29.6. The molecule has 3 heterocycles. The zero-order chi connectivity index (χ0) is 37.5. The monoisotopic (exact) mass is 757 g/mol. The Bertz CT molecular complexity index is 1830. The van der Waals surface area contributed by atoms with E-state index in [9.17, 15) is 9.90 Å². The highest BCUT2D eigenvalue weighted by molar-refractivity contribution is 6.30. The summed E-state index contributed by atoms with van der Waals surface area (Å²) in [5, 5.41) is 14.7. The third-order valence-electron chi connectivity index (χ3n) is 13.4. The minimum absolute atomic E-state index is 0.183. The van der Waals surface area contributed by atoms with E-state index in [4.69, 9.17) is 30.5 Å². The molecule has 2 N–H and O–H groups in total. The topological polar surface area (TPSA) is 102 Å². The number of ether oxygens (including phenoxy) is 4. The van der Waals surface area contributed by atoms with Crippen molar-refractivity contribution in [2.24, 2.45) is 17.8 Å². The molecule has 2 aromatic carbocycles. The first-order chi connectivity index (χ1) is 26.1. The molecule has 3 aliphatic carbocycles. The Morgan fingerprint density at radius 2 is 1.91 bits per heavy atom. The van der Waals surface area contributed by atoms with Gasteiger partial charge < -0.3 is 34.3 Å². The summed E-state index contributed by atoms with van der Waals surface area (Å²) in [6.07, 6.45) is 11.1. The van der Waals surface area contributed by atoms with E-state index >= 15 is 0 Å². The minimum Gasteiger partial charge on any atom is -0.493 e. The molecule has 5 atom stereocenters. The van der Waals surface area contributed by atoms with Crippen LogP contribution in [0.2, 0.25) is 5.02 Å². The van der Waals surface area contributed by atoms with Crippen LogP contribution in [0.5, 0.6) is 17.2 Å². The van der Waals surface area contributed by atoms with Gasteiger partial charge in [0.05, 0.1) is 25.9 Å². The summed E-state index contributed by atoms with van der Waals surface area (Å²) in [4.78, 5) is 20.2. The molecule has 10 heteroatoms. The number of hydrogen-bond acceptors (Lipinski definition) is 8. The number of aliphatic carboxylic acids is 1. The smallest absolute Gasteiger partial charge is 0.329 e. The first-order valence-corrected chi connectivity index (χ1v) is 20.6. The van der Waals surface area contributed by atoms with Gasteiger partial charge in [-0.3, -0.25) is 4.98 Å². The summed E-state index contributed by atoms with van der Waals surface area (Å²) in [6.45, 7) is 9.37. The highest BCUT2D eigenvalue weighted by Crippen LogP contribution is 2.58. The van der Waals surface area contributed by atoms with E-state index < -0.39 is 11.5 Å². The number of carboxylic acids is 1. The molecule has 1 saturated carbocycles. The quantitative estimate of drug-likeness (QED) is 0.200. The van der Waals surface area contributed by atoms with E-state index in [1.165, 1.54) is 35.2 Å². The zero-order valence-corrected chi connectivity index (χ0v) is 32.8. The van der Waals surface area contributed by atoms with Gasteiger partial charge in [-0.05, 0) is 135 Å². The van der Waals surface area contributed by atoms with Crippen LogP contribution >= 0.6 is 11.6 Å². The number of fused-ring (bicyclic) bond motifs is 4. The van der Waals surface area contributed by atoms with Gasteiger partial charge in [0.1, 0.15) is 11.3 Å². The van der Waals surface area contributed by atoms with Gasteiger partial charge in [-0.15, -0.1) is 0 Å². The van der Waals surface area contributed by atoms with Crippen molar-refractivity contribution in [3.8, 4) is 17.2 Å². The largest absolute Gasteiger partial charge is 0.493 e. The lowest BCUT2D eigenvalue weighted by atomic mass is 9.59. The molecule has 5 aliphatic rings. The van der Waals surface area contributed by atoms with Crippen LogP contribution in [0.3, 0.4) is 0 Å². The maximum Gasteiger partial charge on any atom is 0.329 e. The number of aromatic nitrogens is 1. The number of nitrogens with zero attached hydrogens (tertiary/aromatic N) is 2. The van der Waals surface area contributed by atoms with Crippen molar-refractivity contribution in [2.45, 2.75) is 101 Å². The first-order valence-electron chi connectivity index (χ1n) is 20.2. The molecule has 9 nitrogen and oxygen atoms in total. The van der Waals surface area contributed by atoms with Crippen LogP contribution in [0.1, 0.15) is 93.5 Å². The molecule has 1 saturated heterocycles. The third-order valence-corrected chi connectivity index (χ3v) is 13.6. The Hall–Kier alpha value is -3.53. The lowest BCUT2D eigenvalue weighted by molar-refractivity contribution is -0.144. The predicted molar refractivity (Wildman–Crippen MR) is 210 cm³/mol. The van der Waals surface area contributed by atoms with Crippen molar-refractivity contribution in [3.05, 3.63) is 76.1 Å². The molecule has 0 radical (unpaired) electrons. The molecule has 3 aromatic rings. The second-order valence-corrected chi connectivity index (χ2v) is 17.5. The van der Waals surface area contributed by atoms with Crippen LogP contribution in [0.25, 0.3) is 0 Å². The molecule has 2 aliphatic heterocycles. The van der Waals surface area contributed by atoms with Crippen molar-refractivity contribution >= 4 is 23.3 Å². The number of carboxylic acid groups (broad SMARTS) is 1. The summed E-state index contributed by atoms with van der Waals surface area (Å²) in [6, 6.07) is 13.9. The molecule has 8 rings (SSSR count). The summed E-state index contributed by atoms with van der Waals surface area (Å²) < 4.78 is 25.3. The van der Waals surface area contributed by atoms with Crippen molar-refractivity contribution in [1.82, 2.24) is 9.88 Å². The zero-order valence-electron chi connectivity index (χ0n) is 32.1. The molecule has 290 valence electrons. The van der Waals surface area contributed by atoms with E-state index in [0.29, 0.717) is 61.5 Å². The maximum atomic E-state index is 13.1. The fourth-order valence-corrected chi connectivity index (χ4v) is 10.6. The molecule has 1 aromatic heterocycles. The third kappa shape index (κ3) is 7.40. The SMILES string of the molecule is CO[C@@H]1CCN(CC2COc3cc4c(cc3OC2)C2(CCC(Nc3cccc(Cl)c3)(C(=O)O)CC2)C(C[C@@H](C)COc2ccnc3c2[C@H](C)CCC3)C4)C1. The molecular formula is C44H56ClN3O6. The lowest BCUT2D eigenvalue weighted by Crippen LogP contribution is -2.53. The molecule has 2 unspecified atom stereocenters. The summed E-state index contributed by atoms with van der Waals surface area (Å²) in [7, 11) is 1.80. The summed E-state index contributed by atoms with van der Waals surface area (Å²) >= 11 is 6.32. The van der Waals surface area contributed by atoms with Gasteiger partial charge in [-0.2, -0.15) is 0 Å². The van der Waals surface area contributed by atoms with Crippen LogP contribution in [0, 0.1) is 17.8 Å². The van der Waals surface area contributed by atoms with Gasteiger partial charge in [-0.1, -0.05) is 31.5 Å². The molecule has 0 amide bonds. The summed E-state index contributed by atoms with van der Waals surface area (Å²) in [5.74, 6) is 3.16. The number of benzene rings is 2. The Morgan fingerprint density at radius 1 is 1.11 bits per heavy atom. The fourth-order valence-electron chi connectivity index (χ4n) is 10.4. The highest BCUT2D eigenvalue weighted by Gasteiger charge is 2.54. The Morgan fingerprint density at radius 3 is 2.65 bits per heavy atom. The number of methoxy groups -OCH3 is 1. The number of anilines is 1. The average molecular weight is 758 g/mol. The van der Waals surface area contributed by atoms with Crippen LogP contribution in [0.4, 0.5) is 5.69 Å². The van der Waals surface area contributed by atoms with Gasteiger partial charge in [0.25, 0.3) is 0 Å². The van der Waals surface area contributed by atoms with Crippen molar-refractivity contribution in [3.63, 3.8) is 0 Å². The number of halogens is 1. The van der Waals surface area contributed by atoms with E-state index in [1.807, 2.05) is 36.5 Å². The standard InChI is InChI=1S/C44H56ClN3O6/c1-28(25-52-38-10-16-46-37-9-4-6-29(2)41(37)38)18-32-19-31-20-39-40(54-27-30(26-53-39)23-48-17-11-35(24-48)51-3)22-36(31)43(32)12-14-44(15-13-43,42(49)50)47-34-8-5-7-33(45)21-34/h5,7-8,10,16,20-22,28-30,32,35,47H,4,6,9,11-15,17-19,23-27H2,1-3H3,(H,49,50)/t28-,29-,30?,32?,35-,43?,44?/m1/s1. The number of carbonyl (C=O) groups is 1. The van der Waals surface area contributed by atoms with E-state index in [1.54, 1.807) is 7.11 Å². The number of likely N-dealkylation sites (tertiary alicyclic amines) is 1. The average Bonchev–Trinajstić information content (AvgIpc) is 3.67. The van der Waals surface area contributed by atoms with Gasteiger partial charge in [0.15, 0.2) is 11.5 Å². The highest BCUT2D eigenvalue weighted by atomic mass is 35.5. The Kier molecular flexibility index (Phi) is 10.8. The van der Waals surface area contributed by atoms with Gasteiger partial charge in [-0.25, -0.2) is 4.79 Å². The van der Waals surface area contributed by atoms with Crippen LogP contribution < -0.4 is 19.5 Å². The van der Waals surface area contributed by atoms with Crippen molar-refractivity contribution in [1.29, 1.82) is 0 Å². The van der Waals surface area contributed by atoms with E-state index in [-0.39, 0.29) is 11.3 Å². The number of aryl methyl sites for hydroxylation is 1. The first kappa shape index (κ1) is 37.4. The number of rotatable bonds is 11. The predicted octanol–water partition coefficient (Wildman–Crippen LogP) is 8.31. The maximum absolute atomic E-state index is 13.1. The number of hydrogen-bond donors (Lipinski definition) is 2. The minimum atomic E-state index is -1.08. The number of nitrogens with one attached hydrogen (secondary N) is 1. The molecule has 1 spiro atoms. The van der Waals surface area contributed by atoms with Crippen molar-refractivity contribution < 1.29 is 28.8 Å². The fraction of sp³-hybridized carbons (Fsp3) is 0.591. The molecule has 2 fully saturated rings. The van der Waals surface area contributed by atoms with Gasteiger partial charge >= 0.3 is 5.97 Å². The number of pyridine rings is 1. The Labute approximate surface area is 325 Å². The van der Waals surface area contributed by atoms with Crippen molar-refractivity contribution in [2.75, 3.05) is 51.9 Å². The van der Waals surface area contributed by atoms with Gasteiger partial charge in [0, 0.05) is 60.8 Å². The van der Waals surface area contributed by atoms with Crippen LogP contribution in [0.15, 0.2) is 48.7 Å². The lowest BCUT2D eigenvalue weighted by Gasteiger charge is -2.47. The van der Waals surface area contributed by atoms with E-state index in [0.717, 1.165) is 81.1 Å². The van der Waals surface area contributed by atoms with Gasteiger partial charge in [0.2, 0.25) is 0 Å². The molecular weight excluding hydrogens is 702 g/mol. The molecule has 54 heavy (non-hydrogen) atoms. The Balaban J connectivity index is 1.03. The van der Waals surface area contributed by atoms with Crippen LogP contribution in [-0.2, 0) is 27.8 Å².